The molecule has 2 aromatic rings. The molecule has 0 N–H and O–H groups in total. The molecule has 0 aliphatic rings. The van der Waals surface area contributed by atoms with E-state index in [1.807, 2.05) is 6.07 Å². The van der Waals surface area contributed by atoms with Crippen molar-refractivity contribution in [1.29, 1.82) is 5.26 Å². The molecule has 0 radical (unpaired) electrons. The second-order valence-corrected chi connectivity index (χ2v) is 4.63. The van der Waals surface area contributed by atoms with Gasteiger partial charge in [0.15, 0.2) is 6.29 Å². The molecular weight excluding hydrogens is 343 g/mol. The van der Waals surface area contributed by atoms with Crippen LogP contribution < -0.4 is 9.47 Å². The van der Waals surface area contributed by atoms with E-state index in [1.54, 1.807) is 12.1 Å². The zero-order valence-electron chi connectivity index (χ0n) is 10.5. The summed E-state index contributed by atoms with van der Waals surface area (Å²) < 4.78 is 23.0. The molecule has 1 aromatic heterocycles. The Hall–Kier alpha value is -2.46. The zero-order chi connectivity index (χ0) is 15.2. The monoisotopic (exact) mass is 350 g/mol. The van der Waals surface area contributed by atoms with Gasteiger partial charge < -0.3 is 9.47 Å². The lowest BCUT2D eigenvalue weighted by Crippen LogP contribution is -1.98. The fraction of sp³-hybridized carbons (Fsp3) is 0.0714. The highest BCUT2D eigenvalue weighted by atomic mass is 79.9. The van der Waals surface area contributed by atoms with Gasteiger partial charge in [-0.3, -0.25) is 4.79 Å². The van der Waals surface area contributed by atoms with Crippen LogP contribution in [0.15, 0.2) is 34.8 Å². The molecule has 7 heteroatoms. The summed E-state index contributed by atoms with van der Waals surface area (Å²) in [6.07, 6.45) is 0.681. The van der Waals surface area contributed by atoms with E-state index in [2.05, 4.69) is 25.7 Å². The van der Waals surface area contributed by atoms with Gasteiger partial charge in [0.1, 0.15) is 17.4 Å². The maximum Gasteiger partial charge on any atom is 0.237 e. The lowest BCUT2D eigenvalue weighted by atomic mass is 10.2. The summed E-state index contributed by atoms with van der Waals surface area (Å²) in [4.78, 5) is 14.8. The zero-order valence-corrected chi connectivity index (χ0v) is 12.1. The topological polar surface area (TPSA) is 72.2 Å². The Morgan fingerprint density at radius 2 is 2.19 bits per heavy atom. The lowest BCUT2D eigenvalue weighted by molar-refractivity contribution is 0.112. The third kappa shape index (κ3) is 3.55. The number of carbonyl (C=O) groups is 1. The highest BCUT2D eigenvalue weighted by Gasteiger charge is 2.09. The van der Waals surface area contributed by atoms with E-state index in [0.717, 1.165) is 0 Å². The number of aldehydes is 1. The first-order valence-electron chi connectivity index (χ1n) is 5.70. The number of rotatable bonds is 5. The maximum absolute atomic E-state index is 12.2. The molecule has 0 aliphatic carbocycles. The summed E-state index contributed by atoms with van der Waals surface area (Å²) in [5.74, 6) is 0.352. The third-order valence-corrected chi connectivity index (χ3v) is 3.19. The van der Waals surface area contributed by atoms with E-state index in [9.17, 15) is 9.18 Å². The average Bonchev–Trinajstić information content (AvgIpc) is 2.50. The average molecular weight is 351 g/mol. The number of aromatic nitrogens is 1. The summed E-state index contributed by atoms with van der Waals surface area (Å²) in [5.41, 5.74) is 0.519. The van der Waals surface area contributed by atoms with Crippen LogP contribution in [0, 0.1) is 11.3 Å². The Morgan fingerprint density at radius 3 is 2.86 bits per heavy atom. The third-order valence-electron chi connectivity index (χ3n) is 2.46. The van der Waals surface area contributed by atoms with Crippen molar-refractivity contribution < 1.29 is 18.7 Å². The van der Waals surface area contributed by atoms with Crippen molar-refractivity contribution in [2.45, 2.75) is 0 Å². The van der Waals surface area contributed by atoms with E-state index in [4.69, 9.17) is 10.00 Å². The summed E-state index contributed by atoms with van der Waals surface area (Å²) in [5, 5.41) is 8.85. The number of hydrogen-bond donors (Lipinski definition) is 0. The van der Waals surface area contributed by atoms with Crippen molar-refractivity contribution in [3.63, 3.8) is 0 Å². The van der Waals surface area contributed by atoms with E-state index >= 15 is 0 Å². The molecule has 0 aliphatic heterocycles. The number of ether oxygens (including phenoxy) is 2. The Morgan fingerprint density at radius 1 is 1.38 bits per heavy atom. The number of carbonyl (C=O) groups excluding carboxylic acids is 1. The Bertz CT molecular complexity index is 716. The van der Waals surface area contributed by atoms with Crippen LogP contribution in [0.1, 0.15) is 15.9 Å². The predicted molar refractivity (Wildman–Crippen MR) is 75.2 cm³/mol. The van der Waals surface area contributed by atoms with Crippen LogP contribution in [0.2, 0.25) is 0 Å². The molecular formula is C14H8BrFN2O3. The van der Waals surface area contributed by atoms with Gasteiger partial charge in [0.05, 0.1) is 0 Å². The fourth-order valence-electron chi connectivity index (χ4n) is 1.52. The number of pyridine rings is 1. The molecule has 1 aromatic carbocycles. The second-order valence-electron chi connectivity index (χ2n) is 3.77. The van der Waals surface area contributed by atoms with E-state index in [1.165, 1.54) is 18.2 Å². The van der Waals surface area contributed by atoms with E-state index in [0.29, 0.717) is 22.1 Å². The van der Waals surface area contributed by atoms with Crippen molar-refractivity contribution in [2.75, 3.05) is 6.86 Å². The molecule has 0 saturated heterocycles. The van der Waals surface area contributed by atoms with Crippen LogP contribution in [-0.2, 0) is 0 Å². The van der Waals surface area contributed by atoms with Crippen molar-refractivity contribution in [2.24, 2.45) is 0 Å². The lowest BCUT2D eigenvalue weighted by Gasteiger charge is -2.08. The summed E-state index contributed by atoms with van der Waals surface area (Å²) in [6, 6.07) is 9.50. The highest BCUT2D eigenvalue weighted by molar-refractivity contribution is 9.10. The molecule has 0 atom stereocenters. The number of hydrogen-bond acceptors (Lipinski definition) is 5. The van der Waals surface area contributed by atoms with Crippen molar-refractivity contribution in [3.05, 3.63) is 45.9 Å². The Balaban J connectivity index is 2.29. The highest BCUT2D eigenvalue weighted by Crippen LogP contribution is 2.27. The predicted octanol–water partition coefficient (Wildman–Crippen LogP) is 3.63. The first-order chi connectivity index (χ1) is 10.2. The number of alkyl halides is 1. The molecule has 0 saturated carbocycles. The minimum Gasteiger partial charge on any atom is -0.445 e. The quantitative estimate of drug-likeness (QED) is 0.770. The van der Waals surface area contributed by atoms with E-state index < -0.39 is 6.86 Å². The first kappa shape index (κ1) is 14.9. The smallest absolute Gasteiger partial charge is 0.237 e. The molecule has 0 spiro atoms. The maximum atomic E-state index is 12.2. The molecule has 2 rings (SSSR count). The van der Waals surface area contributed by atoms with Crippen LogP contribution in [-0.4, -0.2) is 18.1 Å². The van der Waals surface area contributed by atoms with Crippen molar-refractivity contribution in [3.8, 4) is 23.6 Å². The van der Waals surface area contributed by atoms with Gasteiger partial charge in [-0.15, -0.1) is 0 Å². The van der Waals surface area contributed by atoms with Gasteiger partial charge in [0, 0.05) is 16.1 Å². The minimum absolute atomic E-state index is 0.101. The van der Waals surface area contributed by atoms with Crippen LogP contribution in [0.5, 0.6) is 17.5 Å². The molecule has 1 heterocycles. The summed E-state index contributed by atoms with van der Waals surface area (Å²) in [6.45, 7) is -1.10. The number of nitriles is 1. The van der Waals surface area contributed by atoms with Gasteiger partial charge >= 0.3 is 0 Å². The van der Waals surface area contributed by atoms with Crippen LogP contribution in [0.4, 0.5) is 4.39 Å². The summed E-state index contributed by atoms with van der Waals surface area (Å²) in [7, 11) is 0. The van der Waals surface area contributed by atoms with Crippen molar-refractivity contribution in [1.82, 2.24) is 4.98 Å². The molecule has 21 heavy (non-hydrogen) atoms. The van der Waals surface area contributed by atoms with E-state index in [-0.39, 0.29) is 17.3 Å². The molecule has 106 valence electrons. The molecule has 0 fully saturated rings. The van der Waals surface area contributed by atoms with Gasteiger partial charge in [-0.2, -0.15) is 10.2 Å². The summed E-state index contributed by atoms with van der Waals surface area (Å²) >= 11 is 3.23. The molecule has 5 nitrogen and oxygen atoms in total. The number of halogens is 2. The van der Waals surface area contributed by atoms with Crippen LogP contribution in [0.3, 0.4) is 0 Å². The largest absolute Gasteiger partial charge is 0.445 e. The fourth-order valence-corrected chi connectivity index (χ4v) is 1.86. The second kappa shape index (κ2) is 6.81. The van der Waals surface area contributed by atoms with Gasteiger partial charge in [0.25, 0.3) is 0 Å². The standard InChI is InChI=1S/C14H8BrFN2O3/c15-12-3-2-11(5-10(12)7-19)21-13-4-1-9(6-17)14(18-13)20-8-16/h1-5,7H,8H2. The number of benzene rings is 1. The Kier molecular flexibility index (Phi) is 4.85. The van der Waals surface area contributed by atoms with Crippen molar-refractivity contribution >= 4 is 22.2 Å². The molecule has 0 unspecified atom stereocenters. The van der Waals surface area contributed by atoms with Crippen LogP contribution >= 0.6 is 15.9 Å². The van der Waals surface area contributed by atoms with Gasteiger partial charge in [-0.25, -0.2) is 4.39 Å². The first-order valence-corrected chi connectivity index (χ1v) is 6.49. The van der Waals surface area contributed by atoms with Gasteiger partial charge in [-0.05, 0) is 24.3 Å². The minimum atomic E-state index is -1.10. The van der Waals surface area contributed by atoms with Crippen LogP contribution in [0.25, 0.3) is 0 Å². The molecule has 0 amide bonds. The Labute approximate surface area is 128 Å². The van der Waals surface area contributed by atoms with Gasteiger partial charge in [0.2, 0.25) is 18.6 Å². The number of nitrogens with zero attached hydrogens (tertiary/aromatic N) is 2. The molecule has 0 bridgehead atoms. The SMILES string of the molecule is N#Cc1ccc(Oc2ccc(Br)c(C=O)c2)nc1OCF. The van der Waals surface area contributed by atoms with Gasteiger partial charge in [-0.1, -0.05) is 15.9 Å². The normalized spacial score (nSPS) is 9.76.